The summed E-state index contributed by atoms with van der Waals surface area (Å²) in [5.74, 6) is -0.195. The molecule has 1 heterocycles. The minimum Gasteiger partial charge on any atom is -0.372 e. The predicted molar refractivity (Wildman–Crippen MR) is 131 cm³/mol. The molecular weight excluding hydrogens is 422 g/mol. The highest BCUT2D eigenvalue weighted by molar-refractivity contribution is 6.30. The Balaban J connectivity index is 1.64. The van der Waals surface area contributed by atoms with E-state index in [9.17, 15) is 4.79 Å². The Bertz CT molecular complexity index is 1280. The highest BCUT2D eigenvalue weighted by Gasteiger charge is 2.13. The Morgan fingerprint density at radius 3 is 2.22 bits per heavy atom. The first kappa shape index (κ1) is 21.8. The fourth-order valence-electron chi connectivity index (χ4n) is 3.76. The zero-order chi connectivity index (χ0) is 22.8. The zero-order valence-corrected chi connectivity index (χ0v) is 19.4. The van der Waals surface area contributed by atoms with E-state index in [1.807, 2.05) is 19.1 Å². The van der Waals surface area contributed by atoms with Crippen molar-refractivity contribution in [3.05, 3.63) is 76.3 Å². The second-order valence-corrected chi connectivity index (χ2v) is 8.19. The van der Waals surface area contributed by atoms with Crippen LogP contribution in [0.3, 0.4) is 0 Å². The van der Waals surface area contributed by atoms with Crippen molar-refractivity contribution in [2.45, 2.75) is 27.7 Å². The van der Waals surface area contributed by atoms with Gasteiger partial charge in [0, 0.05) is 35.1 Å². The van der Waals surface area contributed by atoms with Crippen LogP contribution in [-0.2, 0) is 0 Å². The molecule has 3 aromatic carbocycles. The molecule has 7 heteroatoms. The van der Waals surface area contributed by atoms with E-state index in [0.29, 0.717) is 21.8 Å². The first-order chi connectivity index (χ1) is 15.4. The van der Waals surface area contributed by atoms with Crippen molar-refractivity contribution in [2.24, 2.45) is 0 Å². The summed E-state index contributed by atoms with van der Waals surface area (Å²) in [7, 11) is 0. The lowest BCUT2D eigenvalue weighted by molar-refractivity contribution is 0.102. The van der Waals surface area contributed by atoms with Gasteiger partial charge in [-0.05, 0) is 93.4 Å². The smallest absolute Gasteiger partial charge is 0.255 e. The number of anilines is 2. The van der Waals surface area contributed by atoms with E-state index >= 15 is 0 Å². The number of aromatic nitrogens is 3. The number of rotatable bonds is 6. The SMILES string of the molecule is CCN(CC)c1ccc(-n2nc3cc(C)c(NC(=O)c4ccc(Cl)cc4)cc3n2)c(C)c1. The number of carbonyl (C=O) groups is 1. The quantitative estimate of drug-likeness (QED) is 0.406. The van der Waals surface area contributed by atoms with Crippen LogP contribution in [-0.4, -0.2) is 34.0 Å². The average molecular weight is 448 g/mol. The van der Waals surface area contributed by atoms with Gasteiger partial charge in [0.2, 0.25) is 0 Å². The fraction of sp³-hybridized carbons (Fsp3) is 0.240. The van der Waals surface area contributed by atoms with Crippen molar-refractivity contribution in [1.82, 2.24) is 15.0 Å². The van der Waals surface area contributed by atoms with Crippen molar-refractivity contribution < 1.29 is 4.79 Å². The van der Waals surface area contributed by atoms with Crippen LogP contribution in [0.15, 0.2) is 54.6 Å². The van der Waals surface area contributed by atoms with E-state index in [4.69, 9.17) is 11.6 Å². The predicted octanol–water partition coefficient (Wildman–Crippen LogP) is 5.79. The van der Waals surface area contributed by atoms with Crippen LogP contribution in [0.1, 0.15) is 35.3 Å². The van der Waals surface area contributed by atoms with Crippen LogP contribution in [0.25, 0.3) is 16.7 Å². The molecule has 4 rings (SSSR count). The Kier molecular flexibility index (Phi) is 6.15. The van der Waals surface area contributed by atoms with Crippen molar-refractivity contribution in [3.63, 3.8) is 0 Å². The van der Waals surface area contributed by atoms with Crippen LogP contribution in [0.5, 0.6) is 0 Å². The lowest BCUT2D eigenvalue weighted by Gasteiger charge is -2.22. The molecule has 1 N–H and O–H groups in total. The fourth-order valence-corrected chi connectivity index (χ4v) is 3.88. The molecule has 0 aliphatic rings. The van der Waals surface area contributed by atoms with Gasteiger partial charge in [0.1, 0.15) is 11.0 Å². The summed E-state index contributed by atoms with van der Waals surface area (Å²) >= 11 is 5.92. The van der Waals surface area contributed by atoms with Gasteiger partial charge >= 0.3 is 0 Å². The Labute approximate surface area is 192 Å². The topological polar surface area (TPSA) is 63.1 Å². The summed E-state index contributed by atoms with van der Waals surface area (Å²) in [6.07, 6.45) is 0. The summed E-state index contributed by atoms with van der Waals surface area (Å²) in [6.45, 7) is 10.2. The summed E-state index contributed by atoms with van der Waals surface area (Å²) < 4.78 is 0. The molecule has 0 unspecified atom stereocenters. The second-order valence-electron chi connectivity index (χ2n) is 7.75. The first-order valence-corrected chi connectivity index (χ1v) is 11.1. The molecule has 0 aliphatic heterocycles. The molecule has 0 radical (unpaired) electrons. The summed E-state index contributed by atoms with van der Waals surface area (Å²) in [4.78, 5) is 16.6. The highest BCUT2D eigenvalue weighted by Crippen LogP contribution is 2.25. The van der Waals surface area contributed by atoms with Crippen molar-refractivity contribution in [3.8, 4) is 5.69 Å². The molecule has 0 saturated carbocycles. The number of hydrogen-bond donors (Lipinski definition) is 1. The number of nitrogens with one attached hydrogen (secondary N) is 1. The molecule has 6 nitrogen and oxygen atoms in total. The Morgan fingerprint density at radius 2 is 1.59 bits per heavy atom. The molecule has 0 bridgehead atoms. The van der Waals surface area contributed by atoms with Gasteiger partial charge in [-0.25, -0.2) is 0 Å². The van der Waals surface area contributed by atoms with Crippen LogP contribution in [0.2, 0.25) is 5.02 Å². The van der Waals surface area contributed by atoms with Gasteiger partial charge in [-0.1, -0.05) is 11.6 Å². The van der Waals surface area contributed by atoms with E-state index in [0.717, 1.165) is 35.4 Å². The number of nitrogens with zero attached hydrogens (tertiary/aromatic N) is 4. The molecule has 0 saturated heterocycles. The molecule has 4 aromatic rings. The van der Waals surface area contributed by atoms with E-state index < -0.39 is 0 Å². The summed E-state index contributed by atoms with van der Waals surface area (Å²) in [6, 6.07) is 16.9. The highest BCUT2D eigenvalue weighted by atomic mass is 35.5. The molecule has 0 atom stereocenters. The summed E-state index contributed by atoms with van der Waals surface area (Å²) in [5, 5.41) is 12.9. The van der Waals surface area contributed by atoms with E-state index in [1.165, 1.54) is 5.69 Å². The maximum atomic E-state index is 12.6. The van der Waals surface area contributed by atoms with Crippen molar-refractivity contribution >= 4 is 39.9 Å². The van der Waals surface area contributed by atoms with Gasteiger partial charge in [0.15, 0.2) is 0 Å². The van der Waals surface area contributed by atoms with Gasteiger partial charge in [0.05, 0.1) is 5.69 Å². The van der Waals surface area contributed by atoms with Crippen LogP contribution in [0.4, 0.5) is 11.4 Å². The molecule has 1 amide bonds. The van der Waals surface area contributed by atoms with Crippen LogP contribution >= 0.6 is 11.6 Å². The molecular formula is C25H26ClN5O. The van der Waals surface area contributed by atoms with E-state index in [2.05, 4.69) is 59.4 Å². The van der Waals surface area contributed by atoms with Gasteiger partial charge in [-0.15, -0.1) is 10.2 Å². The molecule has 0 aliphatic carbocycles. The van der Waals surface area contributed by atoms with Gasteiger partial charge < -0.3 is 10.2 Å². The number of fused-ring (bicyclic) bond motifs is 1. The molecule has 32 heavy (non-hydrogen) atoms. The van der Waals surface area contributed by atoms with E-state index in [-0.39, 0.29) is 5.91 Å². The second kappa shape index (κ2) is 9.01. The number of amides is 1. The minimum atomic E-state index is -0.195. The van der Waals surface area contributed by atoms with Crippen LogP contribution < -0.4 is 10.2 Å². The van der Waals surface area contributed by atoms with Gasteiger partial charge in [-0.3, -0.25) is 4.79 Å². The lowest BCUT2D eigenvalue weighted by atomic mass is 10.1. The van der Waals surface area contributed by atoms with Crippen LogP contribution in [0, 0.1) is 13.8 Å². The van der Waals surface area contributed by atoms with Gasteiger partial charge in [0.25, 0.3) is 5.91 Å². The number of hydrogen-bond acceptors (Lipinski definition) is 4. The third kappa shape index (κ3) is 4.32. The van der Waals surface area contributed by atoms with Crippen molar-refractivity contribution in [1.29, 1.82) is 0 Å². The largest absolute Gasteiger partial charge is 0.372 e. The Hall–Kier alpha value is -3.38. The average Bonchev–Trinajstić information content (AvgIpc) is 3.17. The number of aryl methyl sites for hydroxylation is 2. The third-order valence-corrected chi connectivity index (χ3v) is 5.86. The zero-order valence-electron chi connectivity index (χ0n) is 18.7. The number of benzene rings is 3. The maximum absolute atomic E-state index is 12.6. The van der Waals surface area contributed by atoms with Gasteiger partial charge in [-0.2, -0.15) is 4.80 Å². The monoisotopic (exact) mass is 447 g/mol. The first-order valence-electron chi connectivity index (χ1n) is 10.7. The molecule has 0 fully saturated rings. The summed E-state index contributed by atoms with van der Waals surface area (Å²) in [5.41, 5.74) is 6.88. The standard InChI is InChI=1S/C25H26ClN5O/c1-5-30(6-2)20-11-12-24(17(4)13-20)31-28-22-14-16(3)21(15-23(22)29-31)27-25(32)18-7-9-19(26)10-8-18/h7-15H,5-6H2,1-4H3,(H,27,32). The lowest BCUT2D eigenvalue weighted by Crippen LogP contribution is -2.21. The molecule has 0 spiro atoms. The minimum absolute atomic E-state index is 0.195. The normalized spacial score (nSPS) is 11.0. The van der Waals surface area contributed by atoms with E-state index in [1.54, 1.807) is 29.1 Å². The maximum Gasteiger partial charge on any atom is 0.255 e. The third-order valence-electron chi connectivity index (χ3n) is 5.61. The molecule has 164 valence electrons. The Morgan fingerprint density at radius 1 is 0.938 bits per heavy atom. The molecule has 1 aromatic heterocycles. The number of halogens is 1. The number of carbonyl (C=O) groups excluding carboxylic acids is 1. The van der Waals surface area contributed by atoms with Crippen molar-refractivity contribution in [2.75, 3.05) is 23.3 Å².